The molecular weight excluding hydrogens is 444 g/mol. The molecule has 3 N–H and O–H groups in total. The molecule has 0 aliphatic carbocycles. The summed E-state index contributed by atoms with van der Waals surface area (Å²) < 4.78 is 7.54. The summed E-state index contributed by atoms with van der Waals surface area (Å²) >= 11 is 0. The minimum Gasteiger partial charge on any atom is -0.396 e. The van der Waals surface area contributed by atoms with E-state index >= 15 is 0 Å². The van der Waals surface area contributed by atoms with Crippen molar-refractivity contribution in [2.45, 2.75) is 122 Å². The van der Waals surface area contributed by atoms with E-state index in [9.17, 15) is 4.91 Å². The third-order valence-corrected chi connectivity index (χ3v) is 6.57. The number of hydrogen-bond donors (Lipinski definition) is 2. The van der Waals surface area contributed by atoms with Gasteiger partial charge in [-0.2, -0.15) is 4.91 Å². The van der Waals surface area contributed by atoms with Gasteiger partial charge in [0.15, 0.2) is 11.5 Å². The molecule has 1 saturated heterocycles. The van der Waals surface area contributed by atoms with Crippen molar-refractivity contribution < 1.29 is 9.84 Å². The van der Waals surface area contributed by atoms with Crippen molar-refractivity contribution in [2.24, 2.45) is 5.18 Å². The largest absolute Gasteiger partial charge is 0.396 e. The van der Waals surface area contributed by atoms with E-state index in [2.05, 4.69) is 27.1 Å². The Labute approximate surface area is 210 Å². The number of hydrogen-bond acceptors (Lipinski definition) is 8. The van der Waals surface area contributed by atoms with E-state index in [-0.39, 0.29) is 18.9 Å². The zero-order valence-electron chi connectivity index (χ0n) is 21.6. The summed E-state index contributed by atoms with van der Waals surface area (Å²) in [4.78, 5) is 22.5. The van der Waals surface area contributed by atoms with Crippen molar-refractivity contribution in [1.82, 2.24) is 19.5 Å². The van der Waals surface area contributed by atoms with Crippen molar-refractivity contribution in [3.05, 3.63) is 17.6 Å². The summed E-state index contributed by atoms with van der Waals surface area (Å²) in [6.45, 7) is 2.83. The molecule has 2 atom stereocenters. The van der Waals surface area contributed by atoms with Crippen LogP contribution in [0.2, 0.25) is 0 Å². The minimum atomic E-state index is -0.170. The Kier molecular flexibility index (Phi) is 15.1. The molecule has 0 radical (unpaired) electrons. The highest BCUT2D eigenvalue weighted by molar-refractivity contribution is 5.81. The van der Waals surface area contributed by atoms with Gasteiger partial charge in [0.05, 0.1) is 12.4 Å². The Hall–Kier alpha value is -2.13. The fourth-order valence-electron chi connectivity index (χ4n) is 4.50. The monoisotopic (exact) mass is 490 g/mol. The van der Waals surface area contributed by atoms with E-state index in [1.807, 2.05) is 4.57 Å². The highest BCUT2D eigenvalue weighted by atomic mass is 16.5. The predicted molar refractivity (Wildman–Crippen MR) is 141 cm³/mol. The van der Waals surface area contributed by atoms with Crippen molar-refractivity contribution in [2.75, 3.05) is 18.9 Å². The van der Waals surface area contributed by atoms with Gasteiger partial charge in [0, 0.05) is 6.61 Å². The first kappa shape index (κ1) is 29.1. The highest BCUT2D eigenvalue weighted by Gasteiger charge is 2.28. The number of aromatic nitrogens is 4. The SMILES string of the molecule is CCCCCCCCCCCCCCCCO.Nc1ncnc2c1ncn2C1CCC(CN=O)O1. The predicted octanol–water partition coefficient (Wildman–Crippen LogP) is 6.31. The van der Waals surface area contributed by atoms with Gasteiger partial charge in [-0.05, 0) is 19.3 Å². The quantitative estimate of drug-likeness (QED) is 0.196. The first-order valence-electron chi connectivity index (χ1n) is 13.7. The first-order valence-corrected chi connectivity index (χ1v) is 13.7. The van der Waals surface area contributed by atoms with Crippen molar-refractivity contribution in [1.29, 1.82) is 0 Å². The Morgan fingerprint density at radius 2 is 1.54 bits per heavy atom. The second-order valence-electron chi connectivity index (χ2n) is 9.50. The van der Waals surface area contributed by atoms with Crippen molar-refractivity contribution >= 4 is 17.0 Å². The van der Waals surface area contributed by atoms with E-state index < -0.39 is 0 Å². The standard InChI is InChI=1S/C16H34O.C10H12N6O2/c1-2-3-4-5-6-7-8-9-10-11-12-13-14-15-16-17;11-9-8-10(13-4-12-9)16(5-14-8)7-2-1-6(18-7)3-15-17/h17H,2-16H2,1H3;4-7H,1-3H2,(H2,11,12,13). The molecule has 9 heteroatoms. The number of nitrogens with zero attached hydrogens (tertiary/aromatic N) is 5. The van der Waals surface area contributed by atoms with Gasteiger partial charge in [-0.15, -0.1) is 0 Å². The summed E-state index contributed by atoms with van der Waals surface area (Å²) in [6, 6.07) is 0. The maximum Gasteiger partial charge on any atom is 0.167 e. The zero-order valence-corrected chi connectivity index (χ0v) is 21.6. The lowest BCUT2D eigenvalue weighted by molar-refractivity contribution is 0.00876. The number of unbranched alkanes of at least 4 members (excludes halogenated alkanes) is 13. The molecule has 1 fully saturated rings. The Morgan fingerprint density at radius 1 is 0.943 bits per heavy atom. The fraction of sp³-hybridized carbons (Fsp3) is 0.808. The van der Waals surface area contributed by atoms with E-state index in [1.54, 1.807) is 6.33 Å². The zero-order chi connectivity index (χ0) is 25.1. The van der Waals surface area contributed by atoms with Gasteiger partial charge >= 0.3 is 0 Å². The molecule has 0 saturated carbocycles. The molecule has 0 amide bonds. The van der Waals surface area contributed by atoms with Gasteiger partial charge in [-0.25, -0.2) is 15.0 Å². The van der Waals surface area contributed by atoms with E-state index in [0.717, 1.165) is 19.3 Å². The van der Waals surface area contributed by atoms with Crippen LogP contribution in [0.3, 0.4) is 0 Å². The smallest absolute Gasteiger partial charge is 0.167 e. The average molecular weight is 491 g/mol. The average Bonchev–Trinajstić information content (AvgIpc) is 3.50. The summed E-state index contributed by atoms with van der Waals surface area (Å²) in [5, 5.41) is 11.5. The van der Waals surface area contributed by atoms with Crippen LogP contribution in [0.25, 0.3) is 11.2 Å². The normalized spacial score (nSPS) is 17.4. The minimum absolute atomic E-state index is 0.121. The van der Waals surface area contributed by atoms with Gasteiger partial charge in [-0.1, -0.05) is 95.6 Å². The molecule has 0 bridgehead atoms. The first-order chi connectivity index (χ1) is 17.2. The molecule has 1 aliphatic rings. The fourth-order valence-corrected chi connectivity index (χ4v) is 4.50. The Bertz CT molecular complexity index is 801. The number of nitrogen functional groups attached to an aromatic ring is 1. The Morgan fingerprint density at radius 3 is 2.11 bits per heavy atom. The number of aliphatic hydroxyl groups is 1. The molecule has 1 aliphatic heterocycles. The number of nitroso groups, excluding NO2 is 1. The van der Waals surface area contributed by atoms with Gasteiger partial charge in [-0.3, -0.25) is 4.57 Å². The molecular formula is C26H46N6O3. The van der Waals surface area contributed by atoms with Crippen LogP contribution in [-0.2, 0) is 4.74 Å². The summed E-state index contributed by atoms with van der Waals surface area (Å²) in [6.07, 6.45) is 23.6. The van der Waals surface area contributed by atoms with E-state index in [0.29, 0.717) is 23.6 Å². The van der Waals surface area contributed by atoms with Gasteiger partial charge in [0.2, 0.25) is 0 Å². The number of aliphatic hydroxyl groups excluding tert-OH is 1. The second kappa shape index (κ2) is 18.2. The number of fused-ring (bicyclic) bond motifs is 1. The van der Waals surface area contributed by atoms with Crippen LogP contribution in [0.5, 0.6) is 0 Å². The molecule has 0 aromatic carbocycles. The lowest BCUT2D eigenvalue weighted by Gasteiger charge is -2.13. The molecule has 2 aromatic heterocycles. The molecule has 2 unspecified atom stereocenters. The van der Waals surface area contributed by atoms with Crippen molar-refractivity contribution in [3.63, 3.8) is 0 Å². The summed E-state index contributed by atoms with van der Waals surface area (Å²) in [5.41, 5.74) is 6.93. The van der Waals surface area contributed by atoms with Crippen LogP contribution in [0.15, 0.2) is 17.8 Å². The van der Waals surface area contributed by atoms with Crippen LogP contribution in [0.4, 0.5) is 5.82 Å². The third-order valence-electron chi connectivity index (χ3n) is 6.57. The molecule has 198 valence electrons. The number of imidazole rings is 1. The molecule has 9 nitrogen and oxygen atoms in total. The van der Waals surface area contributed by atoms with Gasteiger partial charge < -0.3 is 15.6 Å². The highest BCUT2D eigenvalue weighted by Crippen LogP contribution is 2.30. The molecule has 3 heterocycles. The van der Waals surface area contributed by atoms with Crippen LogP contribution < -0.4 is 5.73 Å². The second-order valence-corrected chi connectivity index (χ2v) is 9.50. The van der Waals surface area contributed by atoms with Gasteiger partial charge in [0.25, 0.3) is 0 Å². The number of ether oxygens (including phenoxy) is 1. The molecule has 35 heavy (non-hydrogen) atoms. The van der Waals surface area contributed by atoms with Crippen LogP contribution >= 0.6 is 0 Å². The third kappa shape index (κ3) is 11.0. The molecule has 3 rings (SSSR count). The lowest BCUT2D eigenvalue weighted by atomic mass is 10.0. The maximum atomic E-state index is 10.2. The number of nitrogens with two attached hydrogens (primary N) is 1. The lowest BCUT2D eigenvalue weighted by Crippen LogP contribution is -2.13. The van der Waals surface area contributed by atoms with Crippen molar-refractivity contribution in [3.8, 4) is 0 Å². The number of rotatable bonds is 17. The number of anilines is 1. The van der Waals surface area contributed by atoms with E-state index in [1.165, 1.54) is 89.8 Å². The Balaban J connectivity index is 0.000000248. The summed E-state index contributed by atoms with van der Waals surface area (Å²) in [5.74, 6) is 0.350. The molecule has 2 aromatic rings. The summed E-state index contributed by atoms with van der Waals surface area (Å²) in [7, 11) is 0. The maximum absolute atomic E-state index is 10.2. The van der Waals surface area contributed by atoms with Crippen LogP contribution in [-0.4, -0.2) is 43.9 Å². The topological polar surface area (TPSA) is 129 Å². The van der Waals surface area contributed by atoms with Crippen LogP contribution in [0.1, 0.15) is 116 Å². The molecule has 0 spiro atoms. The van der Waals surface area contributed by atoms with Gasteiger partial charge in [0.1, 0.15) is 24.6 Å². The van der Waals surface area contributed by atoms with E-state index in [4.69, 9.17) is 15.6 Å². The van der Waals surface area contributed by atoms with Crippen LogP contribution in [0, 0.1) is 4.91 Å².